The minimum absolute atomic E-state index is 0.00421. The van der Waals surface area contributed by atoms with Crippen LogP contribution in [0.25, 0.3) is 0 Å². The fourth-order valence-corrected chi connectivity index (χ4v) is 3.81. The van der Waals surface area contributed by atoms with E-state index < -0.39 is 0 Å². The molecular formula is C24H30N2O2. The van der Waals surface area contributed by atoms with Crippen molar-refractivity contribution in [2.75, 3.05) is 6.54 Å². The van der Waals surface area contributed by atoms with Gasteiger partial charge < -0.3 is 10.6 Å². The molecule has 1 aliphatic rings. The van der Waals surface area contributed by atoms with Gasteiger partial charge in [-0.25, -0.2) is 0 Å². The van der Waals surface area contributed by atoms with Gasteiger partial charge in [0.25, 0.3) is 5.91 Å². The smallest absolute Gasteiger partial charge is 0.251 e. The first-order chi connectivity index (χ1) is 13.7. The third-order valence-corrected chi connectivity index (χ3v) is 5.40. The molecule has 148 valence electrons. The van der Waals surface area contributed by atoms with Crippen LogP contribution in [0, 0.1) is 0 Å². The Bertz CT molecular complexity index is 799. The number of amides is 2. The third-order valence-electron chi connectivity index (χ3n) is 5.40. The van der Waals surface area contributed by atoms with Crippen molar-refractivity contribution >= 4 is 11.8 Å². The number of aryl methyl sites for hydroxylation is 2. The number of carbonyl (C=O) groups excluding carboxylic acids is 2. The molecule has 2 aromatic carbocycles. The number of unbranched alkanes of at least 4 members (excludes halogenated alkanes) is 2. The average molecular weight is 379 g/mol. The Morgan fingerprint density at radius 2 is 1.82 bits per heavy atom. The maximum atomic E-state index is 12.3. The second kappa shape index (κ2) is 10.1. The lowest BCUT2D eigenvalue weighted by atomic mass is 9.88. The van der Waals surface area contributed by atoms with Crippen LogP contribution in [0.3, 0.4) is 0 Å². The van der Waals surface area contributed by atoms with E-state index in [-0.39, 0.29) is 24.4 Å². The molecule has 28 heavy (non-hydrogen) atoms. The van der Waals surface area contributed by atoms with Crippen molar-refractivity contribution in [3.05, 3.63) is 70.8 Å². The Hall–Kier alpha value is -2.62. The first kappa shape index (κ1) is 20.1. The highest BCUT2D eigenvalue weighted by atomic mass is 16.2. The molecule has 0 saturated heterocycles. The Balaban J connectivity index is 1.47. The molecule has 2 N–H and O–H groups in total. The molecule has 0 aliphatic heterocycles. The van der Waals surface area contributed by atoms with Crippen LogP contribution in [0.2, 0.25) is 0 Å². The summed E-state index contributed by atoms with van der Waals surface area (Å²) in [4.78, 5) is 24.7. The van der Waals surface area contributed by atoms with Gasteiger partial charge in [0.15, 0.2) is 0 Å². The lowest BCUT2D eigenvalue weighted by molar-refractivity contribution is -0.121. The molecular weight excluding hydrogens is 348 g/mol. The Labute approximate surface area is 167 Å². The fourth-order valence-electron chi connectivity index (χ4n) is 3.81. The van der Waals surface area contributed by atoms with Crippen LogP contribution >= 0.6 is 0 Å². The SMILES string of the molecule is CCCCCc1ccc(C(=O)NCC(=O)NC2CCCc3ccccc32)cc1. The van der Waals surface area contributed by atoms with E-state index >= 15 is 0 Å². The Kier molecular flexibility index (Phi) is 7.24. The van der Waals surface area contributed by atoms with E-state index in [0.29, 0.717) is 5.56 Å². The molecule has 0 fully saturated rings. The van der Waals surface area contributed by atoms with Gasteiger partial charge in [0.05, 0.1) is 12.6 Å². The molecule has 4 heteroatoms. The van der Waals surface area contributed by atoms with Crippen LogP contribution in [0.4, 0.5) is 0 Å². The number of rotatable bonds is 8. The van der Waals surface area contributed by atoms with Crippen LogP contribution in [-0.4, -0.2) is 18.4 Å². The molecule has 0 radical (unpaired) electrons. The third kappa shape index (κ3) is 5.44. The molecule has 4 nitrogen and oxygen atoms in total. The molecule has 0 bridgehead atoms. The van der Waals surface area contributed by atoms with E-state index in [9.17, 15) is 9.59 Å². The monoisotopic (exact) mass is 378 g/mol. The van der Waals surface area contributed by atoms with Crippen LogP contribution in [0.5, 0.6) is 0 Å². The summed E-state index contributed by atoms with van der Waals surface area (Å²) in [5.74, 6) is -0.356. The zero-order valence-electron chi connectivity index (χ0n) is 16.7. The number of nitrogens with one attached hydrogen (secondary N) is 2. The molecule has 2 amide bonds. The first-order valence-electron chi connectivity index (χ1n) is 10.4. The summed E-state index contributed by atoms with van der Waals surface area (Å²) in [6.45, 7) is 2.19. The number of benzene rings is 2. The van der Waals surface area contributed by atoms with Crippen molar-refractivity contribution in [2.24, 2.45) is 0 Å². The van der Waals surface area contributed by atoms with Crippen LogP contribution < -0.4 is 10.6 Å². The summed E-state index contributed by atoms with van der Waals surface area (Å²) >= 11 is 0. The number of carbonyl (C=O) groups is 2. The van der Waals surface area contributed by atoms with Crippen molar-refractivity contribution in [1.29, 1.82) is 0 Å². The molecule has 3 rings (SSSR count). The van der Waals surface area contributed by atoms with Crippen molar-refractivity contribution in [1.82, 2.24) is 10.6 Å². The minimum Gasteiger partial charge on any atom is -0.348 e. The Morgan fingerprint density at radius 3 is 2.61 bits per heavy atom. The first-order valence-corrected chi connectivity index (χ1v) is 10.4. The van der Waals surface area contributed by atoms with Gasteiger partial charge in [-0.05, 0) is 60.9 Å². The summed E-state index contributed by atoms with van der Waals surface area (Å²) in [7, 11) is 0. The van der Waals surface area contributed by atoms with Gasteiger partial charge >= 0.3 is 0 Å². The molecule has 1 unspecified atom stereocenters. The quantitative estimate of drug-likeness (QED) is 0.671. The number of hydrogen-bond donors (Lipinski definition) is 2. The summed E-state index contributed by atoms with van der Waals surface area (Å²) in [5, 5.41) is 5.80. The lowest BCUT2D eigenvalue weighted by Crippen LogP contribution is -2.39. The summed E-state index contributed by atoms with van der Waals surface area (Å²) in [6.07, 6.45) is 7.72. The van der Waals surface area contributed by atoms with Gasteiger partial charge in [-0.2, -0.15) is 0 Å². The molecule has 0 heterocycles. The molecule has 2 aromatic rings. The Morgan fingerprint density at radius 1 is 1.04 bits per heavy atom. The maximum absolute atomic E-state index is 12.3. The highest BCUT2D eigenvalue weighted by Gasteiger charge is 2.21. The zero-order valence-corrected chi connectivity index (χ0v) is 16.7. The minimum atomic E-state index is -0.209. The van der Waals surface area contributed by atoms with Gasteiger partial charge in [0, 0.05) is 5.56 Å². The van der Waals surface area contributed by atoms with E-state index in [1.54, 1.807) is 0 Å². The molecule has 0 spiro atoms. The largest absolute Gasteiger partial charge is 0.348 e. The van der Waals surface area contributed by atoms with E-state index in [1.165, 1.54) is 36.0 Å². The predicted octanol–water partition coefficient (Wildman–Crippen LogP) is 4.34. The number of fused-ring (bicyclic) bond motifs is 1. The van der Waals surface area contributed by atoms with Gasteiger partial charge in [0.1, 0.15) is 0 Å². The highest BCUT2D eigenvalue weighted by molar-refractivity contribution is 5.96. The molecule has 1 atom stereocenters. The number of hydrogen-bond acceptors (Lipinski definition) is 2. The second-order valence-corrected chi connectivity index (χ2v) is 7.55. The van der Waals surface area contributed by atoms with Gasteiger partial charge in [-0.15, -0.1) is 0 Å². The van der Waals surface area contributed by atoms with E-state index in [2.05, 4.69) is 29.7 Å². The maximum Gasteiger partial charge on any atom is 0.251 e. The van der Waals surface area contributed by atoms with Crippen molar-refractivity contribution in [2.45, 2.75) is 57.9 Å². The molecule has 0 saturated carbocycles. The van der Waals surface area contributed by atoms with Crippen molar-refractivity contribution in [3.8, 4) is 0 Å². The summed E-state index contributed by atoms with van der Waals surface area (Å²) in [5.41, 5.74) is 4.35. The summed E-state index contributed by atoms with van der Waals surface area (Å²) in [6, 6.07) is 16.0. The van der Waals surface area contributed by atoms with E-state index in [0.717, 1.165) is 25.7 Å². The topological polar surface area (TPSA) is 58.2 Å². The second-order valence-electron chi connectivity index (χ2n) is 7.55. The standard InChI is InChI=1S/C24H30N2O2/c1-2-3-4-8-18-13-15-20(16-14-18)24(28)25-17-23(27)26-22-12-7-10-19-9-5-6-11-21(19)22/h5-6,9,11,13-16,22H,2-4,7-8,10,12,17H2,1H3,(H,25,28)(H,26,27). The van der Waals surface area contributed by atoms with E-state index in [4.69, 9.17) is 0 Å². The van der Waals surface area contributed by atoms with Gasteiger partial charge in [0.2, 0.25) is 5.91 Å². The van der Waals surface area contributed by atoms with Crippen molar-refractivity contribution in [3.63, 3.8) is 0 Å². The highest BCUT2D eigenvalue weighted by Crippen LogP contribution is 2.29. The van der Waals surface area contributed by atoms with Gasteiger partial charge in [-0.3, -0.25) is 9.59 Å². The normalized spacial score (nSPS) is 15.5. The fraction of sp³-hybridized carbons (Fsp3) is 0.417. The molecule has 1 aliphatic carbocycles. The van der Waals surface area contributed by atoms with Crippen molar-refractivity contribution < 1.29 is 9.59 Å². The van der Waals surface area contributed by atoms with E-state index in [1.807, 2.05) is 36.4 Å². The summed E-state index contributed by atoms with van der Waals surface area (Å²) < 4.78 is 0. The van der Waals surface area contributed by atoms with Crippen LogP contribution in [-0.2, 0) is 17.6 Å². The lowest BCUT2D eigenvalue weighted by Gasteiger charge is -2.26. The zero-order chi connectivity index (χ0) is 19.8. The van der Waals surface area contributed by atoms with Crippen LogP contribution in [0.15, 0.2) is 48.5 Å². The van der Waals surface area contributed by atoms with Gasteiger partial charge in [-0.1, -0.05) is 56.2 Å². The average Bonchev–Trinajstić information content (AvgIpc) is 2.73. The van der Waals surface area contributed by atoms with Crippen LogP contribution in [0.1, 0.15) is 72.1 Å². The molecule has 0 aromatic heterocycles. The predicted molar refractivity (Wildman–Crippen MR) is 112 cm³/mol.